The standard InChI is InChI=1S/C10H12N4O3S2/c1-6-11-7(4-18-6)2-14-8(3-15)12-13-10(14)19-5-9(16)17/h4,15H,2-3,5H2,1H3,(H,16,17). The van der Waals surface area contributed by atoms with Crippen LogP contribution in [0, 0.1) is 6.92 Å². The molecular weight excluding hydrogens is 288 g/mol. The maximum absolute atomic E-state index is 10.6. The van der Waals surface area contributed by atoms with Crippen LogP contribution >= 0.6 is 23.1 Å². The second-order valence-corrected chi connectivity index (χ2v) is 5.69. The van der Waals surface area contributed by atoms with Gasteiger partial charge in [0.05, 0.1) is 23.0 Å². The molecule has 0 aliphatic rings. The number of carboxylic acid groups (broad SMARTS) is 1. The summed E-state index contributed by atoms with van der Waals surface area (Å²) >= 11 is 2.61. The molecule has 0 saturated heterocycles. The van der Waals surface area contributed by atoms with E-state index < -0.39 is 5.97 Å². The van der Waals surface area contributed by atoms with Crippen molar-refractivity contribution in [1.29, 1.82) is 0 Å². The van der Waals surface area contributed by atoms with Crippen molar-refractivity contribution >= 4 is 29.1 Å². The molecule has 102 valence electrons. The zero-order chi connectivity index (χ0) is 13.8. The Morgan fingerprint density at radius 1 is 1.53 bits per heavy atom. The smallest absolute Gasteiger partial charge is 0.313 e. The van der Waals surface area contributed by atoms with E-state index in [0.29, 0.717) is 17.5 Å². The number of aliphatic hydroxyl groups is 1. The Labute approximate surface area is 117 Å². The number of thioether (sulfide) groups is 1. The first kappa shape index (κ1) is 14.0. The minimum absolute atomic E-state index is 0.0976. The predicted octanol–water partition coefficient (Wildman–Crippen LogP) is 0.760. The van der Waals surface area contributed by atoms with Gasteiger partial charge in [0.2, 0.25) is 0 Å². The molecule has 0 radical (unpaired) electrons. The van der Waals surface area contributed by atoms with Gasteiger partial charge in [-0.05, 0) is 6.92 Å². The van der Waals surface area contributed by atoms with E-state index in [0.717, 1.165) is 22.5 Å². The molecule has 0 aliphatic carbocycles. The Morgan fingerprint density at radius 2 is 2.32 bits per heavy atom. The average Bonchev–Trinajstić information content (AvgIpc) is 2.94. The van der Waals surface area contributed by atoms with Gasteiger partial charge in [0.15, 0.2) is 11.0 Å². The number of hydrogen-bond acceptors (Lipinski definition) is 7. The van der Waals surface area contributed by atoms with E-state index in [2.05, 4.69) is 15.2 Å². The number of aliphatic carboxylic acids is 1. The third kappa shape index (κ3) is 3.52. The topological polar surface area (TPSA) is 101 Å². The van der Waals surface area contributed by atoms with Gasteiger partial charge in [-0.2, -0.15) is 0 Å². The molecule has 19 heavy (non-hydrogen) atoms. The van der Waals surface area contributed by atoms with Crippen LogP contribution in [0.25, 0.3) is 0 Å². The molecule has 2 rings (SSSR count). The summed E-state index contributed by atoms with van der Waals surface area (Å²) in [6.07, 6.45) is 0. The van der Waals surface area contributed by atoms with E-state index in [-0.39, 0.29) is 12.4 Å². The minimum atomic E-state index is -0.922. The second-order valence-electron chi connectivity index (χ2n) is 3.68. The van der Waals surface area contributed by atoms with E-state index in [1.807, 2.05) is 12.3 Å². The molecule has 0 spiro atoms. The largest absolute Gasteiger partial charge is 0.481 e. The molecule has 0 bridgehead atoms. The molecular formula is C10H12N4O3S2. The van der Waals surface area contributed by atoms with Crippen LogP contribution in [0.5, 0.6) is 0 Å². The molecule has 0 saturated carbocycles. The number of hydrogen-bond donors (Lipinski definition) is 2. The molecule has 2 heterocycles. The lowest BCUT2D eigenvalue weighted by atomic mass is 10.4. The highest BCUT2D eigenvalue weighted by Crippen LogP contribution is 2.19. The lowest BCUT2D eigenvalue weighted by Gasteiger charge is -2.06. The van der Waals surface area contributed by atoms with E-state index >= 15 is 0 Å². The Morgan fingerprint density at radius 3 is 2.89 bits per heavy atom. The summed E-state index contributed by atoms with van der Waals surface area (Å²) in [6, 6.07) is 0. The third-order valence-corrected chi connectivity index (χ3v) is 4.02. The third-order valence-electron chi connectivity index (χ3n) is 2.25. The Kier molecular flexibility index (Phi) is 4.51. The monoisotopic (exact) mass is 300 g/mol. The summed E-state index contributed by atoms with van der Waals surface area (Å²) in [5.41, 5.74) is 0.842. The molecule has 2 N–H and O–H groups in total. The van der Waals surface area contributed by atoms with Gasteiger partial charge >= 0.3 is 5.97 Å². The van der Waals surface area contributed by atoms with Crippen LogP contribution in [0.3, 0.4) is 0 Å². The zero-order valence-electron chi connectivity index (χ0n) is 10.1. The first-order chi connectivity index (χ1) is 9.10. The highest BCUT2D eigenvalue weighted by atomic mass is 32.2. The molecule has 9 heteroatoms. The highest BCUT2D eigenvalue weighted by Gasteiger charge is 2.14. The van der Waals surface area contributed by atoms with Crippen molar-refractivity contribution in [3.05, 3.63) is 21.9 Å². The molecule has 0 aromatic carbocycles. The van der Waals surface area contributed by atoms with Crippen LogP contribution in [0.4, 0.5) is 0 Å². The molecule has 0 atom stereocenters. The number of thiazole rings is 1. The summed E-state index contributed by atoms with van der Waals surface area (Å²) in [5.74, 6) is -0.618. The van der Waals surface area contributed by atoms with Crippen molar-refractivity contribution in [3.8, 4) is 0 Å². The number of aromatic nitrogens is 4. The summed E-state index contributed by atoms with van der Waals surface area (Å²) in [5, 5.41) is 29.0. The summed E-state index contributed by atoms with van der Waals surface area (Å²) in [7, 11) is 0. The molecule has 0 unspecified atom stereocenters. The number of aliphatic hydroxyl groups excluding tert-OH is 1. The SMILES string of the molecule is Cc1nc(Cn2c(CO)nnc2SCC(=O)O)cs1. The maximum atomic E-state index is 10.6. The van der Waals surface area contributed by atoms with Crippen molar-refractivity contribution in [2.45, 2.75) is 25.2 Å². The van der Waals surface area contributed by atoms with Gasteiger partial charge in [0.1, 0.15) is 6.61 Å². The first-order valence-corrected chi connectivity index (χ1v) is 7.25. The maximum Gasteiger partial charge on any atom is 0.313 e. The summed E-state index contributed by atoms with van der Waals surface area (Å²) < 4.78 is 1.68. The molecule has 0 amide bonds. The van der Waals surface area contributed by atoms with Gasteiger partial charge in [-0.15, -0.1) is 21.5 Å². The van der Waals surface area contributed by atoms with Crippen LogP contribution in [0.15, 0.2) is 10.5 Å². The van der Waals surface area contributed by atoms with Crippen molar-refractivity contribution in [2.75, 3.05) is 5.75 Å². The van der Waals surface area contributed by atoms with E-state index in [1.54, 1.807) is 4.57 Å². The van der Waals surface area contributed by atoms with E-state index in [1.165, 1.54) is 11.3 Å². The van der Waals surface area contributed by atoms with Crippen LogP contribution in [-0.2, 0) is 17.9 Å². The fourth-order valence-electron chi connectivity index (χ4n) is 1.47. The quantitative estimate of drug-likeness (QED) is 0.759. The number of aryl methyl sites for hydroxylation is 1. The second kappa shape index (κ2) is 6.13. The highest BCUT2D eigenvalue weighted by molar-refractivity contribution is 7.99. The zero-order valence-corrected chi connectivity index (χ0v) is 11.7. The molecule has 2 aromatic rings. The van der Waals surface area contributed by atoms with Crippen molar-refractivity contribution in [1.82, 2.24) is 19.7 Å². The van der Waals surface area contributed by atoms with Gasteiger partial charge < -0.3 is 10.2 Å². The van der Waals surface area contributed by atoms with Gasteiger partial charge in [0.25, 0.3) is 0 Å². The van der Waals surface area contributed by atoms with Crippen LogP contribution < -0.4 is 0 Å². The van der Waals surface area contributed by atoms with E-state index in [9.17, 15) is 9.90 Å². The number of nitrogens with zero attached hydrogens (tertiary/aromatic N) is 4. The fourth-order valence-corrected chi connectivity index (χ4v) is 2.75. The number of carbonyl (C=O) groups is 1. The van der Waals surface area contributed by atoms with Gasteiger partial charge in [0, 0.05) is 5.38 Å². The van der Waals surface area contributed by atoms with Gasteiger partial charge in [-0.1, -0.05) is 11.8 Å². The fraction of sp³-hybridized carbons (Fsp3) is 0.400. The Hall–Kier alpha value is -1.45. The molecule has 0 aliphatic heterocycles. The summed E-state index contributed by atoms with van der Waals surface area (Å²) in [6.45, 7) is 2.09. The molecule has 0 fully saturated rings. The van der Waals surface area contributed by atoms with Crippen LogP contribution in [-0.4, -0.2) is 41.7 Å². The lowest BCUT2D eigenvalue weighted by Crippen LogP contribution is -2.08. The molecule has 2 aromatic heterocycles. The number of rotatable bonds is 6. The van der Waals surface area contributed by atoms with Crippen LogP contribution in [0.1, 0.15) is 16.5 Å². The lowest BCUT2D eigenvalue weighted by molar-refractivity contribution is -0.133. The van der Waals surface area contributed by atoms with Crippen LogP contribution in [0.2, 0.25) is 0 Å². The van der Waals surface area contributed by atoms with Gasteiger partial charge in [-0.3, -0.25) is 9.36 Å². The minimum Gasteiger partial charge on any atom is -0.481 e. The van der Waals surface area contributed by atoms with Crippen molar-refractivity contribution < 1.29 is 15.0 Å². The normalized spacial score (nSPS) is 10.8. The van der Waals surface area contributed by atoms with Crippen molar-refractivity contribution in [2.24, 2.45) is 0 Å². The predicted molar refractivity (Wildman–Crippen MR) is 70.3 cm³/mol. The van der Waals surface area contributed by atoms with E-state index in [4.69, 9.17) is 5.11 Å². The van der Waals surface area contributed by atoms with Gasteiger partial charge in [-0.25, -0.2) is 4.98 Å². The average molecular weight is 300 g/mol. The van der Waals surface area contributed by atoms with Crippen molar-refractivity contribution in [3.63, 3.8) is 0 Å². The Bertz CT molecular complexity index is 581. The first-order valence-electron chi connectivity index (χ1n) is 5.38. The number of carboxylic acids is 1. The summed E-state index contributed by atoms with van der Waals surface area (Å²) in [4.78, 5) is 14.9. The Balaban J connectivity index is 2.20. The molecule has 7 nitrogen and oxygen atoms in total.